The predicted octanol–water partition coefficient (Wildman–Crippen LogP) is 0.698. The van der Waals surface area contributed by atoms with Crippen molar-refractivity contribution in [3.05, 3.63) is 0 Å². The number of carbonyl (C=O) groups excluding carboxylic acids is 1. The maximum absolute atomic E-state index is 12.6. The number of aliphatic carboxylic acids is 1. The zero-order valence-electron chi connectivity index (χ0n) is 11.1. The summed E-state index contributed by atoms with van der Waals surface area (Å²) >= 11 is 0. The van der Waals surface area contributed by atoms with Gasteiger partial charge in [0, 0.05) is 13.1 Å². The molecule has 0 saturated carbocycles. The lowest BCUT2D eigenvalue weighted by atomic mass is 9.90. The molecule has 3 atom stereocenters. The van der Waals surface area contributed by atoms with Gasteiger partial charge in [0.1, 0.15) is 5.54 Å². The van der Waals surface area contributed by atoms with Crippen LogP contribution < -0.4 is 5.32 Å². The van der Waals surface area contributed by atoms with Crippen molar-refractivity contribution in [3.8, 4) is 0 Å². The Morgan fingerprint density at radius 2 is 2.17 bits per heavy atom. The molecular formula is C13H22N2O3. The van der Waals surface area contributed by atoms with Crippen LogP contribution >= 0.6 is 0 Å². The zero-order valence-corrected chi connectivity index (χ0v) is 11.1. The first kappa shape index (κ1) is 13.3. The molecule has 3 unspecified atom stereocenters. The van der Waals surface area contributed by atoms with E-state index >= 15 is 0 Å². The summed E-state index contributed by atoms with van der Waals surface area (Å²) < 4.78 is 0. The summed E-state index contributed by atoms with van der Waals surface area (Å²) in [5.41, 5.74) is -0.959. The van der Waals surface area contributed by atoms with E-state index in [1.807, 2.05) is 13.8 Å². The summed E-state index contributed by atoms with van der Waals surface area (Å²) in [6, 6.07) is 0. The van der Waals surface area contributed by atoms with Crippen molar-refractivity contribution in [3.63, 3.8) is 0 Å². The Kier molecular flexibility index (Phi) is 3.61. The van der Waals surface area contributed by atoms with E-state index in [0.717, 1.165) is 13.0 Å². The number of nitrogens with zero attached hydrogens (tertiary/aromatic N) is 1. The number of amides is 1. The van der Waals surface area contributed by atoms with Crippen LogP contribution in [0.3, 0.4) is 0 Å². The number of carbonyl (C=O) groups is 2. The van der Waals surface area contributed by atoms with Crippen LogP contribution in [-0.4, -0.2) is 47.1 Å². The van der Waals surface area contributed by atoms with Gasteiger partial charge in [-0.3, -0.25) is 4.79 Å². The number of nitrogens with one attached hydrogen (secondary N) is 1. The van der Waals surface area contributed by atoms with Gasteiger partial charge in [0.05, 0.1) is 5.92 Å². The summed E-state index contributed by atoms with van der Waals surface area (Å²) in [6.07, 6.45) is 1.86. The molecule has 102 valence electrons. The van der Waals surface area contributed by atoms with Gasteiger partial charge >= 0.3 is 5.97 Å². The van der Waals surface area contributed by atoms with E-state index in [1.54, 1.807) is 4.90 Å². The molecular weight excluding hydrogens is 232 g/mol. The van der Waals surface area contributed by atoms with Crippen LogP contribution in [0.1, 0.15) is 33.1 Å². The van der Waals surface area contributed by atoms with Gasteiger partial charge in [-0.25, -0.2) is 4.79 Å². The molecule has 0 radical (unpaired) electrons. The van der Waals surface area contributed by atoms with Crippen molar-refractivity contribution >= 4 is 11.9 Å². The molecule has 18 heavy (non-hydrogen) atoms. The maximum atomic E-state index is 12.6. The van der Waals surface area contributed by atoms with E-state index in [1.165, 1.54) is 0 Å². The summed E-state index contributed by atoms with van der Waals surface area (Å²) in [7, 11) is 0. The van der Waals surface area contributed by atoms with E-state index in [-0.39, 0.29) is 11.8 Å². The second-order valence-electron chi connectivity index (χ2n) is 5.53. The molecule has 5 nitrogen and oxygen atoms in total. The standard InChI is InChI=1S/C13H22N2O3/c1-3-13(12(17)18)5-4-6-15(13)11(16)10-8-14-7-9(10)2/h9-10,14H,3-8H2,1-2H3,(H,17,18). The minimum atomic E-state index is -0.959. The second kappa shape index (κ2) is 4.88. The van der Waals surface area contributed by atoms with E-state index < -0.39 is 11.5 Å². The number of hydrogen-bond acceptors (Lipinski definition) is 3. The molecule has 0 aliphatic carbocycles. The minimum Gasteiger partial charge on any atom is -0.479 e. The van der Waals surface area contributed by atoms with Gasteiger partial charge in [0.2, 0.25) is 5.91 Å². The molecule has 0 bridgehead atoms. The molecule has 0 spiro atoms. The van der Waals surface area contributed by atoms with Gasteiger partial charge in [-0.2, -0.15) is 0 Å². The normalized spacial score (nSPS) is 36.0. The largest absolute Gasteiger partial charge is 0.479 e. The van der Waals surface area contributed by atoms with E-state index in [4.69, 9.17) is 0 Å². The Morgan fingerprint density at radius 1 is 1.44 bits per heavy atom. The lowest BCUT2D eigenvalue weighted by Crippen LogP contribution is -2.55. The van der Waals surface area contributed by atoms with E-state index in [9.17, 15) is 14.7 Å². The van der Waals surface area contributed by atoms with Crippen LogP contribution in [0.25, 0.3) is 0 Å². The van der Waals surface area contributed by atoms with Crippen molar-refractivity contribution in [1.82, 2.24) is 10.2 Å². The molecule has 0 aromatic carbocycles. The van der Waals surface area contributed by atoms with Crippen molar-refractivity contribution in [2.75, 3.05) is 19.6 Å². The number of carboxylic acid groups (broad SMARTS) is 1. The average Bonchev–Trinajstić information content (AvgIpc) is 2.94. The number of hydrogen-bond donors (Lipinski definition) is 2. The van der Waals surface area contributed by atoms with Crippen LogP contribution in [-0.2, 0) is 9.59 Å². The Balaban J connectivity index is 2.21. The average molecular weight is 254 g/mol. The minimum absolute atomic E-state index is 0.0225. The molecule has 2 N–H and O–H groups in total. The quantitative estimate of drug-likeness (QED) is 0.778. The van der Waals surface area contributed by atoms with Gasteiger partial charge < -0.3 is 15.3 Å². The highest BCUT2D eigenvalue weighted by Crippen LogP contribution is 2.35. The molecule has 2 aliphatic rings. The van der Waals surface area contributed by atoms with Gasteiger partial charge in [0.15, 0.2) is 0 Å². The first-order chi connectivity index (χ1) is 8.53. The molecule has 2 fully saturated rings. The zero-order chi connectivity index (χ0) is 13.3. The Bertz CT molecular complexity index is 358. The fourth-order valence-corrected chi connectivity index (χ4v) is 3.28. The van der Waals surface area contributed by atoms with E-state index in [2.05, 4.69) is 5.32 Å². The fraction of sp³-hybridized carbons (Fsp3) is 0.846. The molecule has 2 rings (SSSR count). The van der Waals surface area contributed by atoms with Gasteiger partial charge in [0.25, 0.3) is 0 Å². The Morgan fingerprint density at radius 3 is 2.67 bits per heavy atom. The van der Waals surface area contributed by atoms with E-state index in [0.29, 0.717) is 31.8 Å². The molecule has 2 heterocycles. The fourth-order valence-electron chi connectivity index (χ4n) is 3.28. The van der Waals surface area contributed by atoms with Crippen molar-refractivity contribution in [2.24, 2.45) is 11.8 Å². The summed E-state index contributed by atoms with van der Waals surface area (Å²) in [4.78, 5) is 25.7. The van der Waals surface area contributed by atoms with Crippen LogP contribution in [0.2, 0.25) is 0 Å². The number of likely N-dealkylation sites (tertiary alicyclic amines) is 1. The van der Waals surface area contributed by atoms with Gasteiger partial charge in [-0.15, -0.1) is 0 Å². The van der Waals surface area contributed by atoms with Crippen LogP contribution in [0.15, 0.2) is 0 Å². The number of rotatable bonds is 3. The molecule has 2 saturated heterocycles. The van der Waals surface area contributed by atoms with Crippen LogP contribution in [0.4, 0.5) is 0 Å². The first-order valence-electron chi connectivity index (χ1n) is 6.78. The topological polar surface area (TPSA) is 69.6 Å². The lowest BCUT2D eigenvalue weighted by molar-refractivity contribution is -0.158. The molecule has 1 amide bonds. The van der Waals surface area contributed by atoms with Gasteiger partial charge in [-0.1, -0.05) is 13.8 Å². The summed E-state index contributed by atoms with van der Waals surface area (Å²) in [5.74, 6) is -0.599. The summed E-state index contributed by atoms with van der Waals surface area (Å²) in [6.45, 7) is 6.01. The summed E-state index contributed by atoms with van der Waals surface area (Å²) in [5, 5.41) is 12.7. The highest BCUT2D eigenvalue weighted by atomic mass is 16.4. The molecule has 0 aromatic heterocycles. The third-order valence-corrected chi connectivity index (χ3v) is 4.57. The Hall–Kier alpha value is -1.10. The third-order valence-electron chi connectivity index (χ3n) is 4.57. The Labute approximate surface area is 108 Å². The highest BCUT2D eigenvalue weighted by molar-refractivity contribution is 5.89. The SMILES string of the molecule is CCC1(C(=O)O)CCCN1C(=O)C1CNCC1C. The van der Waals surface area contributed by atoms with Crippen molar-refractivity contribution in [2.45, 2.75) is 38.6 Å². The first-order valence-corrected chi connectivity index (χ1v) is 6.78. The predicted molar refractivity (Wildman–Crippen MR) is 67.1 cm³/mol. The third kappa shape index (κ3) is 1.90. The highest BCUT2D eigenvalue weighted by Gasteiger charge is 2.50. The molecule has 2 aliphatic heterocycles. The molecule has 0 aromatic rings. The van der Waals surface area contributed by atoms with Crippen molar-refractivity contribution < 1.29 is 14.7 Å². The number of carboxylic acids is 1. The van der Waals surface area contributed by atoms with Crippen molar-refractivity contribution in [1.29, 1.82) is 0 Å². The smallest absolute Gasteiger partial charge is 0.329 e. The van der Waals surface area contributed by atoms with Crippen LogP contribution in [0.5, 0.6) is 0 Å². The lowest BCUT2D eigenvalue weighted by Gasteiger charge is -2.36. The maximum Gasteiger partial charge on any atom is 0.329 e. The van der Waals surface area contributed by atoms with Crippen LogP contribution in [0, 0.1) is 11.8 Å². The second-order valence-corrected chi connectivity index (χ2v) is 5.53. The van der Waals surface area contributed by atoms with Gasteiger partial charge in [-0.05, 0) is 31.7 Å². The monoisotopic (exact) mass is 254 g/mol. The molecule has 5 heteroatoms.